The van der Waals surface area contributed by atoms with Gasteiger partial charge in [-0.2, -0.15) is 0 Å². The molecule has 1 saturated heterocycles. The summed E-state index contributed by atoms with van der Waals surface area (Å²) < 4.78 is 5.31. The molecule has 2 aliphatic heterocycles. The SMILES string of the molecule is [B]c1cc(C(=O)NCC(=O)N2CCC(N3CCc4cc(OC)ccc4NC3=O)CC2)cc(CNC(C)C)c1N. The second kappa shape index (κ2) is 12.4. The number of rotatable bonds is 8. The van der Waals surface area contributed by atoms with Gasteiger partial charge in [0.1, 0.15) is 13.6 Å². The van der Waals surface area contributed by atoms with Gasteiger partial charge < -0.3 is 36.2 Å². The minimum atomic E-state index is -0.381. The summed E-state index contributed by atoms with van der Waals surface area (Å²) in [6.45, 7) is 6.04. The number of carbonyl (C=O) groups is 3. The number of nitrogens with one attached hydrogen (secondary N) is 3. The maximum Gasteiger partial charge on any atom is 0.322 e. The summed E-state index contributed by atoms with van der Waals surface area (Å²) in [5.74, 6) is 0.221. The molecule has 2 radical (unpaired) electrons. The van der Waals surface area contributed by atoms with E-state index in [1.165, 1.54) is 6.07 Å². The zero-order valence-electron chi connectivity index (χ0n) is 22.9. The van der Waals surface area contributed by atoms with E-state index in [9.17, 15) is 14.4 Å². The number of anilines is 2. The zero-order valence-corrected chi connectivity index (χ0v) is 22.9. The summed E-state index contributed by atoms with van der Waals surface area (Å²) in [6, 6.07) is 9.05. The molecule has 0 bridgehead atoms. The molecule has 11 heteroatoms. The molecule has 0 saturated carbocycles. The fraction of sp³-hybridized carbons (Fsp3) is 0.464. The lowest BCUT2D eigenvalue weighted by atomic mass is 9.89. The fourth-order valence-corrected chi connectivity index (χ4v) is 5.03. The Kier molecular flexibility index (Phi) is 9.01. The smallest absolute Gasteiger partial charge is 0.322 e. The van der Waals surface area contributed by atoms with E-state index in [1.54, 1.807) is 18.1 Å². The van der Waals surface area contributed by atoms with Gasteiger partial charge in [0, 0.05) is 55.2 Å². The van der Waals surface area contributed by atoms with Crippen LogP contribution in [0.15, 0.2) is 30.3 Å². The highest BCUT2D eigenvalue weighted by Gasteiger charge is 2.31. The molecule has 2 aromatic carbocycles. The Bertz CT molecular complexity index is 1230. The number of hydrogen-bond acceptors (Lipinski definition) is 6. The van der Waals surface area contributed by atoms with Crippen molar-refractivity contribution in [3.63, 3.8) is 0 Å². The summed E-state index contributed by atoms with van der Waals surface area (Å²) in [4.78, 5) is 42.2. The third kappa shape index (κ3) is 6.83. The van der Waals surface area contributed by atoms with Crippen LogP contribution >= 0.6 is 0 Å². The molecule has 0 unspecified atom stereocenters. The predicted octanol–water partition coefficient (Wildman–Crippen LogP) is 1.38. The number of nitrogen functional groups attached to an aromatic ring is 1. The van der Waals surface area contributed by atoms with Crippen molar-refractivity contribution < 1.29 is 19.1 Å². The van der Waals surface area contributed by atoms with Crippen LogP contribution in [0.5, 0.6) is 5.75 Å². The number of likely N-dealkylation sites (tertiary alicyclic amines) is 1. The zero-order chi connectivity index (χ0) is 28.1. The van der Waals surface area contributed by atoms with Crippen LogP contribution < -0.4 is 31.9 Å². The molecule has 2 aliphatic rings. The van der Waals surface area contributed by atoms with E-state index in [0.717, 1.165) is 29.0 Å². The van der Waals surface area contributed by atoms with Crippen molar-refractivity contribution in [2.75, 3.05) is 44.3 Å². The average molecular weight is 532 g/mol. The van der Waals surface area contributed by atoms with Crippen molar-refractivity contribution in [3.05, 3.63) is 47.0 Å². The number of urea groups is 1. The number of hydrogen-bond donors (Lipinski definition) is 4. The van der Waals surface area contributed by atoms with Crippen LogP contribution in [0.3, 0.4) is 0 Å². The summed E-state index contributed by atoms with van der Waals surface area (Å²) >= 11 is 0. The molecule has 39 heavy (non-hydrogen) atoms. The molecular formula is C28H37BN6O4. The number of nitrogens with two attached hydrogens (primary N) is 1. The third-order valence-electron chi connectivity index (χ3n) is 7.36. The molecule has 5 N–H and O–H groups in total. The highest BCUT2D eigenvalue weighted by molar-refractivity contribution is 6.36. The Labute approximate surface area is 231 Å². The third-order valence-corrected chi connectivity index (χ3v) is 7.36. The van der Waals surface area contributed by atoms with Crippen molar-refractivity contribution in [3.8, 4) is 5.75 Å². The molecule has 4 rings (SSSR count). The van der Waals surface area contributed by atoms with E-state index in [4.69, 9.17) is 18.3 Å². The summed E-state index contributed by atoms with van der Waals surface area (Å²) in [5, 5.41) is 8.99. The topological polar surface area (TPSA) is 129 Å². The molecule has 2 aromatic rings. The van der Waals surface area contributed by atoms with E-state index in [-0.39, 0.29) is 36.5 Å². The van der Waals surface area contributed by atoms with Crippen molar-refractivity contribution in [2.45, 2.75) is 51.7 Å². The van der Waals surface area contributed by atoms with Crippen molar-refractivity contribution in [1.82, 2.24) is 20.4 Å². The lowest BCUT2D eigenvalue weighted by Gasteiger charge is -2.38. The molecule has 206 valence electrons. The maximum atomic E-state index is 12.9. The Morgan fingerprint density at radius 2 is 1.92 bits per heavy atom. The van der Waals surface area contributed by atoms with Gasteiger partial charge in [-0.25, -0.2) is 4.79 Å². The van der Waals surface area contributed by atoms with Gasteiger partial charge in [0.2, 0.25) is 5.91 Å². The molecule has 1 fully saturated rings. The second-order valence-electron chi connectivity index (χ2n) is 10.4. The van der Waals surface area contributed by atoms with Crippen LogP contribution in [0.25, 0.3) is 0 Å². The van der Waals surface area contributed by atoms with E-state index < -0.39 is 0 Å². The van der Waals surface area contributed by atoms with Crippen molar-refractivity contribution >= 4 is 42.5 Å². The first-order valence-electron chi connectivity index (χ1n) is 13.4. The largest absolute Gasteiger partial charge is 0.497 e. The van der Waals surface area contributed by atoms with Gasteiger partial charge in [0.25, 0.3) is 5.91 Å². The lowest BCUT2D eigenvalue weighted by Crippen LogP contribution is -2.51. The number of benzene rings is 2. The predicted molar refractivity (Wildman–Crippen MR) is 153 cm³/mol. The van der Waals surface area contributed by atoms with Gasteiger partial charge in [-0.1, -0.05) is 25.4 Å². The molecule has 2 heterocycles. The monoisotopic (exact) mass is 532 g/mol. The molecule has 0 atom stereocenters. The first-order chi connectivity index (χ1) is 18.7. The van der Waals surface area contributed by atoms with E-state index in [1.807, 2.05) is 36.9 Å². The lowest BCUT2D eigenvalue weighted by molar-refractivity contribution is -0.131. The van der Waals surface area contributed by atoms with E-state index in [2.05, 4.69) is 16.0 Å². The van der Waals surface area contributed by atoms with Gasteiger partial charge >= 0.3 is 6.03 Å². The quantitative estimate of drug-likeness (QED) is 0.301. The first kappa shape index (κ1) is 28.3. The Balaban J connectivity index is 1.28. The Morgan fingerprint density at radius 1 is 1.18 bits per heavy atom. The first-order valence-corrected chi connectivity index (χ1v) is 13.4. The molecule has 4 amide bonds. The number of fused-ring (bicyclic) bond motifs is 1. The van der Waals surface area contributed by atoms with Crippen LogP contribution in [0.2, 0.25) is 0 Å². The molecular weight excluding hydrogens is 495 g/mol. The minimum Gasteiger partial charge on any atom is -0.497 e. The molecule has 0 spiro atoms. The number of nitrogens with zero attached hydrogens (tertiary/aromatic N) is 2. The fourth-order valence-electron chi connectivity index (χ4n) is 5.03. The van der Waals surface area contributed by atoms with Crippen LogP contribution in [0.4, 0.5) is 16.2 Å². The highest BCUT2D eigenvalue weighted by atomic mass is 16.5. The summed E-state index contributed by atoms with van der Waals surface area (Å²) in [6.07, 6.45) is 2.07. The van der Waals surface area contributed by atoms with Gasteiger partial charge in [-0.3, -0.25) is 9.59 Å². The second-order valence-corrected chi connectivity index (χ2v) is 10.4. The minimum absolute atomic E-state index is 0.0375. The van der Waals surface area contributed by atoms with Gasteiger partial charge in [0.15, 0.2) is 0 Å². The Morgan fingerprint density at radius 3 is 2.62 bits per heavy atom. The number of methoxy groups -OCH3 is 1. The van der Waals surface area contributed by atoms with Crippen LogP contribution in [-0.2, 0) is 17.8 Å². The summed E-state index contributed by atoms with van der Waals surface area (Å²) in [7, 11) is 7.65. The van der Waals surface area contributed by atoms with Crippen molar-refractivity contribution in [2.24, 2.45) is 0 Å². The highest BCUT2D eigenvalue weighted by Crippen LogP contribution is 2.27. The van der Waals surface area contributed by atoms with Gasteiger partial charge in [-0.05, 0) is 54.7 Å². The van der Waals surface area contributed by atoms with Gasteiger partial charge in [-0.15, -0.1) is 0 Å². The van der Waals surface area contributed by atoms with E-state index >= 15 is 0 Å². The molecule has 0 aromatic heterocycles. The standard InChI is InChI=1S/C28H37BN6O4/c1-17(2)31-15-20-12-19(14-23(29)26(20)30)27(37)32-16-25(36)34-9-7-21(8-10-34)35-11-6-18-13-22(39-3)4-5-24(18)33-28(35)38/h4-5,12-14,17,21,31H,6-11,15-16,30H2,1-3H3,(H,32,37)(H,33,38). The van der Waals surface area contributed by atoms with Gasteiger partial charge in [0.05, 0.1) is 13.7 Å². The average Bonchev–Trinajstić information content (AvgIpc) is 3.09. The normalized spacial score (nSPS) is 15.9. The van der Waals surface area contributed by atoms with Crippen molar-refractivity contribution in [1.29, 1.82) is 0 Å². The van der Waals surface area contributed by atoms with E-state index in [0.29, 0.717) is 55.7 Å². The number of carbonyl (C=O) groups excluding carboxylic acids is 3. The molecule has 0 aliphatic carbocycles. The number of ether oxygens (including phenoxy) is 1. The number of amides is 4. The number of piperidine rings is 1. The van der Waals surface area contributed by atoms with Crippen LogP contribution in [0.1, 0.15) is 48.2 Å². The van der Waals surface area contributed by atoms with Crippen LogP contribution in [-0.4, -0.2) is 80.9 Å². The Hall–Kier alpha value is -3.73. The molecule has 10 nitrogen and oxygen atoms in total. The maximum absolute atomic E-state index is 12.9. The van der Waals surface area contributed by atoms with Crippen LogP contribution in [0, 0.1) is 0 Å². The summed E-state index contributed by atoms with van der Waals surface area (Å²) in [5.41, 5.74) is 9.80.